The molecule has 0 unspecified atom stereocenters. The third-order valence-electron chi connectivity index (χ3n) is 16.5. The number of fused-ring (bicyclic) bond motifs is 7. The highest BCUT2D eigenvalue weighted by molar-refractivity contribution is 6.04. The van der Waals surface area contributed by atoms with Crippen molar-refractivity contribution < 1.29 is 0 Å². The van der Waals surface area contributed by atoms with Gasteiger partial charge in [-0.2, -0.15) is 0 Å². The van der Waals surface area contributed by atoms with Gasteiger partial charge in [0.1, 0.15) is 0 Å². The van der Waals surface area contributed by atoms with E-state index in [1.807, 2.05) is 18.3 Å². The lowest BCUT2D eigenvalue weighted by Gasteiger charge is -2.34. The Kier molecular flexibility index (Phi) is 10.7. The van der Waals surface area contributed by atoms with Crippen LogP contribution in [0.2, 0.25) is 0 Å². The maximum Gasteiger partial charge on any atom is 0.0979 e. The highest BCUT2D eigenvalue weighted by Gasteiger charge is 2.47. The lowest BCUT2D eigenvalue weighted by Crippen LogP contribution is -2.28. The smallest absolute Gasteiger partial charge is 0.0979 e. The summed E-state index contributed by atoms with van der Waals surface area (Å²) >= 11 is 0. The number of pyridine rings is 1. The van der Waals surface area contributed by atoms with Crippen molar-refractivity contribution >= 4 is 11.0 Å². The highest BCUT2D eigenvalue weighted by Crippen LogP contribution is 2.59. The lowest BCUT2D eigenvalue weighted by atomic mass is 9.67. The molecular weight excluding hydrogens is 943 g/mol. The molecule has 0 aliphatic heterocycles. The number of hydrogen-bond donors (Lipinski definition) is 0. The molecule has 0 bridgehead atoms. The first-order chi connectivity index (χ1) is 38.7. The van der Waals surface area contributed by atoms with Crippen molar-refractivity contribution in [1.29, 1.82) is 0 Å². The third-order valence-corrected chi connectivity index (χ3v) is 16.5. The molecule has 2 heterocycles. The Balaban J connectivity index is 1.01. The fraction of sp³-hybridized carbons (Fsp3) is 0.0267. The van der Waals surface area contributed by atoms with Gasteiger partial charge in [0.25, 0.3) is 0 Å². The quantitative estimate of drug-likeness (QED) is 0.145. The van der Waals surface area contributed by atoms with Gasteiger partial charge < -0.3 is 0 Å². The first kappa shape index (κ1) is 45.3. The summed E-state index contributed by atoms with van der Waals surface area (Å²) in [5.41, 5.74) is 25.2. The molecule has 0 saturated heterocycles. The van der Waals surface area contributed by atoms with Gasteiger partial charge in [-0.1, -0.05) is 267 Å². The van der Waals surface area contributed by atoms with Crippen molar-refractivity contribution in [3.8, 4) is 78.3 Å². The maximum atomic E-state index is 5.92. The van der Waals surface area contributed by atoms with Gasteiger partial charge >= 0.3 is 0 Å². The van der Waals surface area contributed by atoms with Crippen molar-refractivity contribution in [2.75, 3.05) is 0 Å². The Morgan fingerprint density at radius 2 is 0.564 bits per heavy atom. The minimum absolute atomic E-state index is 0.568. The lowest BCUT2D eigenvalue weighted by molar-refractivity contribution is 0.769. The summed E-state index contributed by atoms with van der Waals surface area (Å²) in [4.78, 5) is 16.5. The van der Waals surface area contributed by atoms with E-state index in [4.69, 9.17) is 9.97 Å². The van der Waals surface area contributed by atoms with Gasteiger partial charge in [-0.25, -0.2) is 9.97 Å². The van der Waals surface area contributed by atoms with Gasteiger partial charge in [-0.05, 0) is 102 Å². The number of nitrogens with zero attached hydrogens (tertiary/aromatic N) is 3. The molecule has 0 N–H and O–H groups in total. The molecule has 0 amide bonds. The molecule has 15 rings (SSSR count). The minimum atomic E-state index is -0.571. The first-order valence-corrected chi connectivity index (χ1v) is 26.8. The third kappa shape index (κ3) is 6.88. The van der Waals surface area contributed by atoms with Crippen molar-refractivity contribution in [2.45, 2.75) is 10.8 Å². The summed E-state index contributed by atoms with van der Waals surface area (Å²) in [5, 5.41) is 0. The molecule has 0 fully saturated rings. The zero-order valence-corrected chi connectivity index (χ0v) is 42.6. The Morgan fingerprint density at radius 1 is 0.231 bits per heavy atom. The molecule has 2 aliphatic carbocycles. The number of rotatable bonds is 9. The van der Waals surface area contributed by atoms with E-state index in [1.165, 1.54) is 66.8 Å². The van der Waals surface area contributed by atoms with Crippen LogP contribution in [0.1, 0.15) is 44.5 Å². The second kappa shape index (κ2) is 18.3. The van der Waals surface area contributed by atoms with Crippen LogP contribution >= 0.6 is 0 Å². The van der Waals surface area contributed by atoms with Crippen LogP contribution in [0.15, 0.2) is 297 Å². The van der Waals surface area contributed by atoms with Crippen LogP contribution in [0, 0.1) is 0 Å². The van der Waals surface area contributed by atoms with Crippen LogP contribution in [0.5, 0.6) is 0 Å². The van der Waals surface area contributed by atoms with E-state index in [9.17, 15) is 0 Å². The molecule has 0 spiro atoms. The van der Waals surface area contributed by atoms with Crippen molar-refractivity contribution in [3.05, 3.63) is 342 Å². The normalized spacial score (nSPS) is 13.3. The predicted octanol–water partition coefficient (Wildman–Crippen LogP) is 18.1. The second-order valence-electron chi connectivity index (χ2n) is 20.5. The monoisotopic (exact) mass is 991 g/mol. The minimum Gasteiger partial charge on any atom is -0.256 e. The zero-order chi connectivity index (χ0) is 51.6. The van der Waals surface area contributed by atoms with Crippen LogP contribution < -0.4 is 0 Å². The van der Waals surface area contributed by atoms with Crippen LogP contribution in [0.25, 0.3) is 89.3 Å². The Morgan fingerprint density at radius 3 is 0.987 bits per heavy atom. The van der Waals surface area contributed by atoms with Gasteiger partial charge in [0.15, 0.2) is 0 Å². The number of hydrogen-bond acceptors (Lipinski definition) is 3. The van der Waals surface area contributed by atoms with Crippen LogP contribution in [0.4, 0.5) is 0 Å². The van der Waals surface area contributed by atoms with Gasteiger partial charge in [-0.15, -0.1) is 0 Å². The fourth-order valence-electron chi connectivity index (χ4n) is 13.2. The zero-order valence-electron chi connectivity index (χ0n) is 42.6. The highest BCUT2D eigenvalue weighted by atomic mass is 14.8. The molecule has 0 radical (unpaired) electrons. The van der Waals surface area contributed by atoms with Gasteiger partial charge in [-0.3, -0.25) is 4.98 Å². The molecule has 2 aromatic heterocycles. The van der Waals surface area contributed by atoms with Crippen molar-refractivity contribution in [2.24, 2.45) is 0 Å². The van der Waals surface area contributed by atoms with Crippen LogP contribution in [-0.2, 0) is 10.8 Å². The Bertz CT molecular complexity index is 4310. The molecule has 0 saturated carbocycles. The van der Waals surface area contributed by atoms with E-state index in [0.717, 1.165) is 67.1 Å². The Labute approximate surface area is 454 Å². The molecule has 11 aromatic carbocycles. The van der Waals surface area contributed by atoms with E-state index in [2.05, 4.69) is 284 Å². The summed E-state index contributed by atoms with van der Waals surface area (Å²) in [6.07, 6.45) is 1.84. The standard InChI is InChI=1S/C75H49N3/c1-6-22-51(23-7-1)70-71(52-39-37-50(38-40-52)69-36-20-21-47-76-69)78-73-60(54-42-44-64-62-33-17-19-35-66(62)75(68(64)49-54,57-28-12-4-13-29-57)58-30-14-5-15-31-58)46-45-59(72(73)77-70)53-41-43-63-61-32-16-18-34-65(61)74(67(63)48-53,55-24-8-2-9-25-55)56-26-10-3-11-27-56/h1-49H. The van der Waals surface area contributed by atoms with Crippen LogP contribution in [0.3, 0.4) is 0 Å². The van der Waals surface area contributed by atoms with E-state index in [-0.39, 0.29) is 0 Å². The van der Waals surface area contributed by atoms with Gasteiger partial charge in [0.2, 0.25) is 0 Å². The van der Waals surface area contributed by atoms with E-state index in [0.29, 0.717) is 0 Å². The SMILES string of the molecule is c1ccc(-c2nc3c(-c4ccc5c(c4)C(c4ccccc4)(c4ccccc4)c4ccccc4-5)ccc(-c4ccc5c(c4)C(c4ccccc4)(c4ccccc4)c4ccccc4-5)c3nc2-c2ccc(-c3ccccn3)cc2)cc1. The predicted molar refractivity (Wildman–Crippen MR) is 319 cm³/mol. The topological polar surface area (TPSA) is 38.7 Å². The molecular formula is C75H49N3. The van der Waals surface area contributed by atoms with Crippen LogP contribution in [-0.4, -0.2) is 15.0 Å². The summed E-state index contributed by atoms with van der Waals surface area (Å²) in [6, 6.07) is 106. The van der Waals surface area contributed by atoms with Crippen molar-refractivity contribution in [1.82, 2.24) is 15.0 Å². The molecule has 364 valence electrons. The first-order valence-electron chi connectivity index (χ1n) is 26.8. The Hall–Kier alpha value is -10.1. The summed E-state index contributed by atoms with van der Waals surface area (Å²) in [6.45, 7) is 0. The van der Waals surface area contributed by atoms with E-state index >= 15 is 0 Å². The maximum absolute atomic E-state index is 5.92. The van der Waals surface area contributed by atoms with Crippen molar-refractivity contribution in [3.63, 3.8) is 0 Å². The molecule has 13 aromatic rings. The fourth-order valence-corrected chi connectivity index (χ4v) is 13.2. The molecule has 3 nitrogen and oxygen atoms in total. The summed E-state index contributed by atoms with van der Waals surface area (Å²) in [7, 11) is 0. The molecule has 2 aliphatic rings. The average molecular weight is 992 g/mol. The molecule has 0 atom stereocenters. The number of aromatic nitrogens is 3. The van der Waals surface area contributed by atoms with E-state index in [1.54, 1.807) is 0 Å². The largest absolute Gasteiger partial charge is 0.256 e. The summed E-state index contributed by atoms with van der Waals surface area (Å²) in [5.74, 6) is 0. The van der Waals surface area contributed by atoms with Gasteiger partial charge in [0.05, 0.1) is 38.9 Å². The number of benzene rings is 11. The van der Waals surface area contributed by atoms with Gasteiger partial charge in [0, 0.05) is 34.0 Å². The second-order valence-corrected chi connectivity index (χ2v) is 20.5. The summed E-state index contributed by atoms with van der Waals surface area (Å²) < 4.78 is 0. The molecule has 3 heteroatoms. The van der Waals surface area contributed by atoms with E-state index < -0.39 is 10.8 Å². The average Bonchev–Trinajstić information content (AvgIpc) is 3.43. The molecule has 78 heavy (non-hydrogen) atoms.